The second-order valence-electron chi connectivity index (χ2n) is 7.60. The number of nitrogens with zero attached hydrogens (tertiary/aromatic N) is 1. The van der Waals surface area contributed by atoms with Gasteiger partial charge in [-0.15, -0.1) is 0 Å². The standard InChI is InChI=1S/C22H24FN3O2S/c1-26-19-6-4-3-5-17(19)22(21(26)28)18(13-16(25-22)11-12-29-2)20(27)24-15-9-7-14(23)8-10-15/h3-10,16,18,25H,11-13H2,1-2H3,(H,24,27)/t16-,18-,22-/m0/s1. The number of fused-ring (bicyclic) bond motifs is 2. The molecule has 0 unspecified atom stereocenters. The minimum absolute atomic E-state index is 0.0647. The summed E-state index contributed by atoms with van der Waals surface area (Å²) in [5.41, 5.74) is 1.12. The average molecular weight is 414 g/mol. The molecule has 4 rings (SSSR count). The summed E-state index contributed by atoms with van der Waals surface area (Å²) in [4.78, 5) is 28.4. The number of nitrogens with one attached hydrogen (secondary N) is 2. The van der Waals surface area contributed by atoms with Crippen LogP contribution in [0.4, 0.5) is 15.8 Å². The Morgan fingerprint density at radius 1 is 1.28 bits per heavy atom. The van der Waals surface area contributed by atoms with E-state index in [1.54, 1.807) is 23.7 Å². The zero-order chi connectivity index (χ0) is 20.6. The van der Waals surface area contributed by atoms with Crippen molar-refractivity contribution in [1.82, 2.24) is 5.32 Å². The highest BCUT2D eigenvalue weighted by Crippen LogP contribution is 2.49. The normalized spacial score (nSPS) is 25.5. The van der Waals surface area contributed by atoms with Gasteiger partial charge in [-0.25, -0.2) is 4.39 Å². The van der Waals surface area contributed by atoms with Crippen molar-refractivity contribution in [3.63, 3.8) is 0 Å². The largest absolute Gasteiger partial charge is 0.326 e. The van der Waals surface area contributed by atoms with E-state index in [-0.39, 0.29) is 23.7 Å². The Hall–Kier alpha value is -2.38. The minimum atomic E-state index is -1.07. The zero-order valence-electron chi connectivity index (χ0n) is 16.4. The molecule has 2 aliphatic rings. The van der Waals surface area contributed by atoms with Gasteiger partial charge in [-0.05, 0) is 55.2 Å². The highest BCUT2D eigenvalue weighted by atomic mass is 32.2. The van der Waals surface area contributed by atoms with Gasteiger partial charge in [-0.3, -0.25) is 14.9 Å². The number of hydrogen-bond donors (Lipinski definition) is 2. The molecule has 2 N–H and O–H groups in total. The van der Waals surface area contributed by atoms with Crippen molar-refractivity contribution in [2.24, 2.45) is 5.92 Å². The molecule has 2 aromatic carbocycles. The van der Waals surface area contributed by atoms with Crippen molar-refractivity contribution >= 4 is 35.0 Å². The fourth-order valence-electron chi connectivity index (χ4n) is 4.52. The van der Waals surface area contributed by atoms with Gasteiger partial charge >= 0.3 is 0 Å². The number of amides is 2. The number of rotatable bonds is 5. The maximum absolute atomic E-state index is 13.4. The van der Waals surface area contributed by atoms with Gasteiger partial charge in [0, 0.05) is 30.0 Å². The van der Waals surface area contributed by atoms with E-state index in [1.807, 2.05) is 30.5 Å². The Balaban J connectivity index is 1.71. The molecule has 1 saturated heterocycles. The number of thioether (sulfide) groups is 1. The topological polar surface area (TPSA) is 61.4 Å². The van der Waals surface area contributed by atoms with Crippen LogP contribution in [0.15, 0.2) is 48.5 Å². The SMILES string of the molecule is CSCC[C@H]1C[C@@H](C(=O)Nc2ccc(F)cc2)[C@]2(N1)C(=O)N(C)c1ccccc12. The maximum Gasteiger partial charge on any atom is 0.252 e. The fraction of sp³-hybridized carbons (Fsp3) is 0.364. The van der Waals surface area contributed by atoms with Crippen molar-refractivity contribution in [3.8, 4) is 0 Å². The van der Waals surface area contributed by atoms with E-state index in [1.165, 1.54) is 24.3 Å². The molecule has 0 bridgehead atoms. The number of anilines is 2. The maximum atomic E-state index is 13.4. The van der Waals surface area contributed by atoms with Gasteiger partial charge in [-0.2, -0.15) is 11.8 Å². The predicted octanol–water partition coefficient (Wildman–Crippen LogP) is 3.37. The molecular weight excluding hydrogens is 389 g/mol. The Labute approximate surface area is 174 Å². The van der Waals surface area contributed by atoms with Crippen molar-refractivity contribution in [1.29, 1.82) is 0 Å². The highest BCUT2D eigenvalue weighted by Gasteiger charge is 2.61. The molecule has 0 aliphatic carbocycles. The van der Waals surface area contributed by atoms with E-state index in [9.17, 15) is 14.0 Å². The second-order valence-corrected chi connectivity index (χ2v) is 8.58. The fourth-order valence-corrected chi connectivity index (χ4v) is 5.04. The lowest BCUT2D eigenvalue weighted by molar-refractivity contribution is -0.131. The van der Waals surface area contributed by atoms with Crippen LogP contribution < -0.4 is 15.5 Å². The van der Waals surface area contributed by atoms with Crippen molar-refractivity contribution in [2.75, 3.05) is 29.3 Å². The molecule has 0 saturated carbocycles. The summed E-state index contributed by atoms with van der Waals surface area (Å²) in [5, 5.41) is 6.42. The van der Waals surface area contributed by atoms with Gasteiger partial charge < -0.3 is 10.2 Å². The van der Waals surface area contributed by atoms with Crippen LogP contribution in [0, 0.1) is 11.7 Å². The van der Waals surface area contributed by atoms with Crippen LogP contribution in [0.5, 0.6) is 0 Å². The number of para-hydroxylation sites is 1. The van der Waals surface area contributed by atoms with Crippen molar-refractivity contribution in [3.05, 3.63) is 59.9 Å². The van der Waals surface area contributed by atoms with Crippen molar-refractivity contribution in [2.45, 2.75) is 24.4 Å². The number of benzene rings is 2. The smallest absolute Gasteiger partial charge is 0.252 e. The number of hydrogen-bond acceptors (Lipinski definition) is 4. The van der Waals surface area contributed by atoms with E-state index in [0.717, 1.165) is 23.4 Å². The molecule has 0 radical (unpaired) electrons. The first-order chi connectivity index (χ1) is 14.0. The summed E-state index contributed by atoms with van der Waals surface area (Å²) in [6.45, 7) is 0. The summed E-state index contributed by atoms with van der Waals surface area (Å²) < 4.78 is 13.2. The molecule has 152 valence electrons. The van der Waals surface area contributed by atoms with Crippen LogP contribution in [-0.4, -0.2) is 36.9 Å². The van der Waals surface area contributed by atoms with Gasteiger partial charge in [0.1, 0.15) is 11.4 Å². The highest BCUT2D eigenvalue weighted by molar-refractivity contribution is 7.98. The summed E-state index contributed by atoms with van der Waals surface area (Å²) in [6, 6.07) is 13.4. The molecule has 2 amide bonds. The quantitative estimate of drug-likeness (QED) is 0.789. The lowest BCUT2D eigenvalue weighted by Crippen LogP contribution is -2.54. The van der Waals surface area contributed by atoms with Gasteiger partial charge in [0.15, 0.2) is 0 Å². The number of carbonyl (C=O) groups is 2. The average Bonchev–Trinajstić information content (AvgIpc) is 3.22. The van der Waals surface area contributed by atoms with Crippen LogP contribution in [0.2, 0.25) is 0 Å². The van der Waals surface area contributed by atoms with Crippen molar-refractivity contribution < 1.29 is 14.0 Å². The summed E-state index contributed by atoms with van der Waals surface area (Å²) in [5.74, 6) is -0.302. The van der Waals surface area contributed by atoms with Crippen LogP contribution in [0.3, 0.4) is 0 Å². The molecule has 2 aromatic rings. The molecule has 1 spiro atoms. The third kappa shape index (κ3) is 3.32. The third-order valence-electron chi connectivity index (χ3n) is 5.91. The molecule has 2 heterocycles. The van der Waals surface area contributed by atoms with Crippen LogP contribution in [-0.2, 0) is 15.1 Å². The predicted molar refractivity (Wildman–Crippen MR) is 115 cm³/mol. The Morgan fingerprint density at radius 3 is 2.72 bits per heavy atom. The molecular formula is C22H24FN3O2S. The van der Waals surface area contributed by atoms with Gasteiger partial charge in [0.05, 0.1) is 5.92 Å². The van der Waals surface area contributed by atoms with Gasteiger partial charge in [-0.1, -0.05) is 18.2 Å². The minimum Gasteiger partial charge on any atom is -0.326 e. The van der Waals surface area contributed by atoms with E-state index >= 15 is 0 Å². The molecule has 0 aromatic heterocycles. The molecule has 3 atom stereocenters. The Kier molecular flexibility index (Phi) is 5.36. The first-order valence-corrected chi connectivity index (χ1v) is 11.1. The number of halogens is 1. The second kappa shape index (κ2) is 7.80. The first kappa shape index (κ1) is 19.9. The monoisotopic (exact) mass is 413 g/mol. The Bertz CT molecular complexity index is 936. The zero-order valence-corrected chi connectivity index (χ0v) is 17.3. The van der Waals surface area contributed by atoms with Crippen LogP contribution >= 0.6 is 11.8 Å². The van der Waals surface area contributed by atoms with Crippen LogP contribution in [0.1, 0.15) is 18.4 Å². The molecule has 1 fully saturated rings. The number of carbonyl (C=O) groups excluding carboxylic acids is 2. The van der Waals surface area contributed by atoms with E-state index in [4.69, 9.17) is 0 Å². The van der Waals surface area contributed by atoms with E-state index in [0.29, 0.717) is 12.1 Å². The van der Waals surface area contributed by atoms with Crippen LogP contribution in [0.25, 0.3) is 0 Å². The van der Waals surface area contributed by atoms with Gasteiger partial charge in [0.2, 0.25) is 5.91 Å². The Morgan fingerprint density at radius 2 is 2.00 bits per heavy atom. The molecule has 7 heteroatoms. The molecule has 2 aliphatic heterocycles. The lowest BCUT2D eigenvalue weighted by atomic mass is 9.79. The van der Waals surface area contributed by atoms with E-state index in [2.05, 4.69) is 10.6 Å². The summed E-state index contributed by atoms with van der Waals surface area (Å²) >= 11 is 1.75. The third-order valence-corrected chi connectivity index (χ3v) is 6.55. The van der Waals surface area contributed by atoms with Gasteiger partial charge in [0.25, 0.3) is 5.91 Å². The molecule has 29 heavy (non-hydrogen) atoms. The first-order valence-electron chi connectivity index (χ1n) is 9.68. The number of likely N-dealkylation sites (N-methyl/N-ethyl adjacent to an activating group) is 1. The summed E-state index contributed by atoms with van der Waals surface area (Å²) in [7, 11) is 1.75. The summed E-state index contributed by atoms with van der Waals surface area (Å²) in [6.07, 6.45) is 3.50. The lowest BCUT2D eigenvalue weighted by Gasteiger charge is -2.30. The van der Waals surface area contributed by atoms with E-state index < -0.39 is 11.5 Å². The molecule has 5 nitrogen and oxygen atoms in total.